The van der Waals surface area contributed by atoms with Crippen LogP contribution in [0.2, 0.25) is 6.82 Å². The van der Waals surface area contributed by atoms with Gasteiger partial charge in [0.25, 0.3) is 0 Å². The normalized spacial score (nSPS) is 11.2. The van der Waals surface area contributed by atoms with Gasteiger partial charge in [-0.15, -0.1) is 0 Å². The molecule has 4 aromatic carbocycles. The summed E-state index contributed by atoms with van der Waals surface area (Å²) < 4.78 is 1.10. The van der Waals surface area contributed by atoms with Crippen LogP contribution in [-0.2, 0) is 0 Å². The molecule has 0 aliphatic carbocycles. The molecule has 0 bridgehead atoms. The van der Waals surface area contributed by atoms with E-state index in [1.807, 2.05) is 6.08 Å². The van der Waals surface area contributed by atoms with Crippen molar-refractivity contribution in [3.63, 3.8) is 0 Å². The predicted molar refractivity (Wildman–Crippen MR) is 121 cm³/mol. The van der Waals surface area contributed by atoms with Crippen molar-refractivity contribution >= 4 is 56.4 Å². The van der Waals surface area contributed by atoms with Crippen LogP contribution in [0.1, 0.15) is 11.1 Å². The Morgan fingerprint density at radius 1 is 0.808 bits per heavy atom. The number of benzene rings is 4. The van der Waals surface area contributed by atoms with E-state index in [4.69, 9.17) is 0 Å². The molecule has 4 rings (SSSR count). The topological polar surface area (TPSA) is 0 Å². The SMILES string of the molecule is C=Cc1c(/C=B\C)c(-c2cccc3ccccc23)c2ccccc2c1Br. The summed E-state index contributed by atoms with van der Waals surface area (Å²) >= 11 is 3.81. The fraction of sp³-hybridized carbons (Fsp3) is 0.0417. The minimum absolute atomic E-state index is 1.10. The van der Waals surface area contributed by atoms with Gasteiger partial charge in [-0.2, -0.15) is 0 Å². The van der Waals surface area contributed by atoms with Gasteiger partial charge in [0.05, 0.1) is 0 Å². The van der Waals surface area contributed by atoms with Crippen molar-refractivity contribution in [2.45, 2.75) is 6.82 Å². The van der Waals surface area contributed by atoms with Crippen molar-refractivity contribution < 1.29 is 0 Å². The summed E-state index contributed by atoms with van der Waals surface area (Å²) in [6, 6.07) is 23.7. The van der Waals surface area contributed by atoms with Gasteiger partial charge in [-0.25, -0.2) is 0 Å². The summed E-state index contributed by atoms with van der Waals surface area (Å²) in [4.78, 5) is 0. The van der Waals surface area contributed by atoms with E-state index < -0.39 is 0 Å². The summed E-state index contributed by atoms with van der Waals surface area (Å²) in [5.74, 6) is 2.19. The van der Waals surface area contributed by atoms with Crippen molar-refractivity contribution in [3.8, 4) is 11.1 Å². The van der Waals surface area contributed by atoms with Crippen molar-refractivity contribution in [2.75, 3.05) is 0 Å². The van der Waals surface area contributed by atoms with Crippen molar-refractivity contribution in [2.24, 2.45) is 0 Å². The first-order valence-corrected chi connectivity index (χ1v) is 9.53. The van der Waals surface area contributed by atoms with Gasteiger partial charge < -0.3 is 0 Å². The second kappa shape index (κ2) is 7.05. The van der Waals surface area contributed by atoms with E-state index in [0.29, 0.717) is 0 Å². The van der Waals surface area contributed by atoms with Gasteiger partial charge in [-0.3, -0.25) is 0 Å². The number of hydrogen-bond donors (Lipinski definition) is 0. The molecule has 124 valence electrons. The van der Waals surface area contributed by atoms with Crippen LogP contribution < -0.4 is 0 Å². The molecule has 0 nitrogen and oxygen atoms in total. The fourth-order valence-electron chi connectivity index (χ4n) is 3.71. The average molecular weight is 397 g/mol. The van der Waals surface area contributed by atoms with E-state index in [9.17, 15) is 0 Å². The van der Waals surface area contributed by atoms with Crippen LogP contribution in [0, 0.1) is 0 Å². The molecule has 0 spiro atoms. The Hall–Kier alpha value is -2.45. The van der Waals surface area contributed by atoms with Gasteiger partial charge in [-0.1, -0.05) is 0 Å². The van der Waals surface area contributed by atoms with Gasteiger partial charge in [0.1, 0.15) is 0 Å². The average Bonchev–Trinajstić information content (AvgIpc) is 2.69. The fourth-order valence-corrected chi connectivity index (χ4v) is 4.43. The molecule has 0 radical (unpaired) electrons. The van der Waals surface area contributed by atoms with Crippen molar-refractivity contribution in [1.29, 1.82) is 0 Å². The third kappa shape index (κ3) is 2.66. The summed E-state index contributed by atoms with van der Waals surface area (Å²) in [5.41, 5.74) is 4.84. The van der Waals surface area contributed by atoms with E-state index in [1.54, 1.807) is 0 Å². The molecule has 0 aromatic heterocycles. The molecule has 4 aromatic rings. The molecule has 0 aliphatic rings. The van der Waals surface area contributed by atoms with Crippen LogP contribution in [0.25, 0.3) is 38.7 Å². The molecule has 0 unspecified atom stereocenters. The first kappa shape index (κ1) is 17.0. The monoisotopic (exact) mass is 396 g/mol. The second-order valence-electron chi connectivity index (χ2n) is 6.29. The number of rotatable bonds is 3. The summed E-state index contributed by atoms with van der Waals surface area (Å²) in [6.07, 6.45) is 1.94. The molecular formula is C24H18BBr. The van der Waals surface area contributed by atoms with Crippen LogP contribution in [0.5, 0.6) is 0 Å². The Labute approximate surface area is 163 Å². The number of halogens is 1. The van der Waals surface area contributed by atoms with Crippen LogP contribution >= 0.6 is 15.9 Å². The third-order valence-electron chi connectivity index (χ3n) is 4.83. The Bertz CT molecular complexity index is 1170. The summed E-state index contributed by atoms with van der Waals surface area (Å²) in [6.45, 7) is 8.23. The molecule has 0 fully saturated rings. The molecule has 0 amide bonds. The zero-order valence-electron chi connectivity index (χ0n) is 14.7. The molecular weight excluding hydrogens is 379 g/mol. The van der Waals surface area contributed by atoms with Gasteiger partial charge in [0, 0.05) is 0 Å². The van der Waals surface area contributed by atoms with E-state index in [1.165, 1.54) is 38.2 Å². The number of fused-ring (bicyclic) bond motifs is 2. The number of hydrogen-bond acceptors (Lipinski definition) is 0. The van der Waals surface area contributed by atoms with Gasteiger partial charge >= 0.3 is 163 Å². The van der Waals surface area contributed by atoms with Crippen LogP contribution in [0.3, 0.4) is 0 Å². The first-order valence-electron chi connectivity index (χ1n) is 8.73. The van der Waals surface area contributed by atoms with Crippen LogP contribution in [-0.4, -0.2) is 12.9 Å². The van der Waals surface area contributed by atoms with Crippen molar-refractivity contribution in [1.82, 2.24) is 0 Å². The Balaban J connectivity index is 2.26. The predicted octanol–water partition coefficient (Wildman–Crippen LogP) is 6.97. The molecule has 26 heavy (non-hydrogen) atoms. The minimum atomic E-state index is 1.10. The van der Waals surface area contributed by atoms with Gasteiger partial charge in [-0.05, 0) is 0 Å². The van der Waals surface area contributed by atoms with Crippen molar-refractivity contribution in [3.05, 3.63) is 88.9 Å². The van der Waals surface area contributed by atoms with Gasteiger partial charge in [0.2, 0.25) is 0 Å². The molecule has 0 saturated heterocycles. The molecule has 2 heteroatoms. The standard InChI is InChI=1S/C24H18BBr/c1-3-17-22(15-25-2)23(20-12-6-7-13-21(20)24(17)26)19-14-8-10-16-9-4-5-11-18(16)19/h3-15H,1H2,2H3. The summed E-state index contributed by atoms with van der Waals surface area (Å²) in [7, 11) is 0. The maximum atomic E-state index is 4.07. The Kier molecular flexibility index (Phi) is 4.61. The second-order valence-corrected chi connectivity index (χ2v) is 7.09. The molecule has 0 atom stereocenters. The van der Waals surface area contributed by atoms with Crippen LogP contribution in [0.15, 0.2) is 77.8 Å². The Morgan fingerprint density at radius 3 is 2.19 bits per heavy atom. The zero-order chi connectivity index (χ0) is 18.1. The third-order valence-corrected chi connectivity index (χ3v) is 5.68. The summed E-state index contributed by atoms with van der Waals surface area (Å²) in [5, 5.41) is 4.97. The Morgan fingerprint density at radius 2 is 1.46 bits per heavy atom. The van der Waals surface area contributed by atoms with E-state index in [2.05, 4.69) is 109 Å². The quantitative estimate of drug-likeness (QED) is 0.328. The molecule has 0 heterocycles. The van der Waals surface area contributed by atoms with E-state index in [0.717, 1.165) is 10.0 Å². The molecule has 0 aliphatic heterocycles. The molecule has 0 N–H and O–H groups in total. The molecule has 0 saturated carbocycles. The van der Waals surface area contributed by atoms with Gasteiger partial charge in [0.15, 0.2) is 0 Å². The van der Waals surface area contributed by atoms with E-state index in [-0.39, 0.29) is 0 Å². The van der Waals surface area contributed by atoms with E-state index >= 15 is 0 Å². The first-order chi connectivity index (χ1) is 12.8. The maximum absolute atomic E-state index is 4.07. The zero-order valence-corrected chi connectivity index (χ0v) is 16.3. The van der Waals surface area contributed by atoms with Crippen LogP contribution in [0.4, 0.5) is 0 Å².